The fraction of sp³-hybridized carbons (Fsp3) is 0.370. The highest BCUT2D eigenvalue weighted by Crippen LogP contribution is 2.38. The minimum atomic E-state index is -0.994. The van der Waals surface area contributed by atoms with Gasteiger partial charge < -0.3 is 15.8 Å². The number of nitrogens with zero attached hydrogens (tertiary/aromatic N) is 2. The van der Waals surface area contributed by atoms with Gasteiger partial charge in [-0.2, -0.15) is 0 Å². The van der Waals surface area contributed by atoms with E-state index in [1.165, 1.54) is 6.07 Å². The Labute approximate surface area is 208 Å². The second-order valence-electron chi connectivity index (χ2n) is 9.28. The van der Waals surface area contributed by atoms with Gasteiger partial charge in [0.2, 0.25) is 0 Å². The lowest BCUT2D eigenvalue weighted by Crippen LogP contribution is -2.31. The van der Waals surface area contributed by atoms with Crippen LogP contribution in [0.5, 0.6) is 0 Å². The lowest BCUT2D eigenvalue weighted by Gasteiger charge is -2.32. The second-order valence-corrected chi connectivity index (χ2v) is 9.28. The first-order chi connectivity index (χ1) is 17.3. The third-order valence-corrected chi connectivity index (χ3v) is 6.41. The first kappa shape index (κ1) is 25.8. The summed E-state index contributed by atoms with van der Waals surface area (Å²) < 4.78 is 49.4. The number of amides is 1. The van der Waals surface area contributed by atoms with Crippen molar-refractivity contribution in [3.63, 3.8) is 0 Å². The normalized spacial score (nSPS) is 19.8. The highest BCUT2D eigenvalue weighted by Gasteiger charge is 2.28. The van der Waals surface area contributed by atoms with Crippen LogP contribution < -0.4 is 11.1 Å². The standard InChI is InChI=1S/C27H29F3N4O2/c1-3-36-14-16-10-21(29)25(22(30)11-16)26-20(28)4-5-23(33-26)27(35)34-24-13-32-7-6-19(24)17-8-15(2)9-18(31)12-17/h4-7,10-11,13,15,17-18H,3,8-9,12,14,31H2,1-2H3,(H,34,35)/t15-,17+,18+/m0/s1. The van der Waals surface area contributed by atoms with Crippen LogP contribution in [0.4, 0.5) is 18.9 Å². The number of halogens is 3. The Morgan fingerprint density at radius 2 is 1.86 bits per heavy atom. The molecule has 6 nitrogen and oxygen atoms in total. The molecule has 0 aliphatic heterocycles. The minimum Gasteiger partial charge on any atom is -0.377 e. The Morgan fingerprint density at radius 1 is 1.11 bits per heavy atom. The van der Waals surface area contributed by atoms with Gasteiger partial charge in [0.15, 0.2) is 0 Å². The zero-order valence-corrected chi connectivity index (χ0v) is 20.2. The molecule has 1 amide bonds. The summed E-state index contributed by atoms with van der Waals surface area (Å²) in [6.45, 7) is 4.30. The smallest absolute Gasteiger partial charge is 0.274 e. The van der Waals surface area contributed by atoms with Crippen LogP contribution in [0.15, 0.2) is 42.7 Å². The monoisotopic (exact) mass is 498 g/mol. The number of carbonyl (C=O) groups is 1. The predicted octanol–water partition coefficient (Wildman–Crippen LogP) is 5.58. The maximum absolute atomic E-state index is 14.8. The van der Waals surface area contributed by atoms with E-state index >= 15 is 0 Å². The molecule has 3 atom stereocenters. The maximum Gasteiger partial charge on any atom is 0.274 e. The van der Waals surface area contributed by atoms with Crippen LogP contribution in [0, 0.1) is 23.4 Å². The number of nitrogens with two attached hydrogens (primary N) is 1. The summed E-state index contributed by atoms with van der Waals surface area (Å²) in [6.07, 6.45) is 5.86. The van der Waals surface area contributed by atoms with Gasteiger partial charge in [-0.25, -0.2) is 18.2 Å². The molecule has 9 heteroatoms. The van der Waals surface area contributed by atoms with Crippen molar-refractivity contribution < 1.29 is 22.7 Å². The molecule has 3 N–H and O–H groups in total. The van der Waals surface area contributed by atoms with Gasteiger partial charge in [-0.15, -0.1) is 0 Å². The number of rotatable bonds is 7. The second kappa shape index (κ2) is 11.2. The first-order valence-corrected chi connectivity index (χ1v) is 12.0. The van der Waals surface area contributed by atoms with Gasteiger partial charge in [-0.3, -0.25) is 9.78 Å². The summed E-state index contributed by atoms with van der Waals surface area (Å²) in [5.41, 5.74) is 6.48. The van der Waals surface area contributed by atoms with E-state index in [0.717, 1.165) is 43.0 Å². The summed E-state index contributed by atoms with van der Waals surface area (Å²) in [4.78, 5) is 21.2. The van der Waals surface area contributed by atoms with E-state index in [1.807, 2.05) is 6.07 Å². The lowest BCUT2D eigenvalue weighted by atomic mass is 9.76. The Bertz CT molecular complexity index is 1220. The fourth-order valence-electron chi connectivity index (χ4n) is 4.86. The van der Waals surface area contributed by atoms with Crippen LogP contribution in [-0.2, 0) is 11.3 Å². The van der Waals surface area contributed by atoms with E-state index in [1.54, 1.807) is 19.3 Å². The maximum atomic E-state index is 14.8. The molecule has 36 heavy (non-hydrogen) atoms. The number of nitrogens with one attached hydrogen (secondary N) is 1. The van der Waals surface area contributed by atoms with Crippen molar-refractivity contribution in [1.29, 1.82) is 0 Å². The topological polar surface area (TPSA) is 90.1 Å². The van der Waals surface area contributed by atoms with Gasteiger partial charge in [-0.05, 0) is 79.5 Å². The van der Waals surface area contributed by atoms with Crippen molar-refractivity contribution in [3.8, 4) is 11.3 Å². The molecule has 0 bridgehead atoms. The molecular formula is C27H29F3N4O2. The average molecular weight is 499 g/mol. The number of pyridine rings is 2. The van der Waals surface area contributed by atoms with E-state index in [0.29, 0.717) is 18.2 Å². The summed E-state index contributed by atoms with van der Waals surface area (Å²) in [6, 6.07) is 6.20. The van der Waals surface area contributed by atoms with E-state index in [9.17, 15) is 18.0 Å². The summed E-state index contributed by atoms with van der Waals surface area (Å²) >= 11 is 0. The zero-order valence-electron chi connectivity index (χ0n) is 20.2. The molecule has 1 aliphatic rings. The SMILES string of the molecule is CCOCc1cc(F)c(-c2nc(C(=O)Nc3cnccc3[C@@H]3C[C@H](C)C[C@@H](N)C3)ccc2F)c(F)c1. The number of hydrogen-bond acceptors (Lipinski definition) is 5. The lowest BCUT2D eigenvalue weighted by molar-refractivity contribution is 0.102. The molecule has 0 unspecified atom stereocenters. The molecule has 1 saturated carbocycles. The predicted molar refractivity (Wildman–Crippen MR) is 131 cm³/mol. The van der Waals surface area contributed by atoms with Crippen molar-refractivity contribution in [1.82, 2.24) is 9.97 Å². The molecular weight excluding hydrogens is 469 g/mol. The zero-order chi connectivity index (χ0) is 25.8. The van der Waals surface area contributed by atoms with Crippen LogP contribution in [0.2, 0.25) is 0 Å². The number of benzene rings is 1. The first-order valence-electron chi connectivity index (χ1n) is 12.0. The van der Waals surface area contributed by atoms with Crippen LogP contribution in [0.25, 0.3) is 11.3 Å². The average Bonchev–Trinajstić information content (AvgIpc) is 2.83. The van der Waals surface area contributed by atoms with Crippen LogP contribution >= 0.6 is 0 Å². The molecule has 0 radical (unpaired) electrons. The van der Waals surface area contributed by atoms with Crippen LogP contribution in [-0.4, -0.2) is 28.5 Å². The third kappa shape index (κ3) is 5.74. The Hall–Kier alpha value is -3.30. The molecule has 0 saturated heterocycles. The van der Waals surface area contributed by atoms with E-state index in [4.69, 9.17) is 10.5 Å². The van der Waals surface area contributed by atoms with Crippen molar-refractivity contribution in [3.05, 3.63) is 77.0 Å². The van der Waals surface area contributed by atoms with Gasteiger partial charge in [0, 0.05) is 18.8 Å². The van der Waals surface area contributed by atoms with Gasteiger partial charge >= 0.3 is 0 Å². The molecule has 4 rings (SSSR count). The molecule has 190 valence electrons. The van der Waals surface area contributed by atoms with Gasteiger partial charge in [0.05, 0.1) is 24.1 Å². The van der Waals surface area contributed by atoms with Crippen molar-refractivity contribution in [2.24, 2.45) is 11.7 Å². The third-order valence-electron chi connectivity index (χ3n) is 6.41. The van der Waals surface area contributed by atoms with Crippen molar-refractivity contribution in [2.75, 3.05) is 11.9 Å². The van der Waals surface area contributed by atoms with Gasteiger partial charge in [-0.1, -0.05) is 6.92 Å². The summed E-state index contributed by atoms with van der Waals surface area (Å²) in [7, 11) is 0. The van der Waals surface area contributed by atoms with E-state index in [2.05, 4.69) is 22.2 Å². The Balaban J connectivity index is 1.62. The molecule has 2 aromatic heterocycles. The van der Waals surface area contributed by atoms with E-state index < -0.39 is 34.6 Å². The van der Waals surface area contributed by atoms with Crippen LogP contribution in [0.1, 0.15) is 60.6 Å². The van der Waals surface area contributed by atoms with E-state index in [-0.39, 0.29) is 29.8 Å². The molecule has 0 spiro atoms. The molecule has 1 fully saturated rings. The number of hydrogen-bond donors (Lipinski definition) is 2. The van der Waals surface area contributed by atoms with Crippen molar-refractivity contribution >= 4 is 11.6 Å². The van der Waals surface area contributed by atoms with Gasteiger partial charge in [0.25, 0.3) is 5.91 Å². The summed E-state index contributed by atoms with van der Waals surface area (Å²) in [5.74, 6) is -2.99. The number of ether oxygens (including phenoxy) is 1. The minimum absolute atomic E-state index is 0.0150. The molecule has 3 aromatic rings. The fourth-order valence-corrected chi connectivity index (χ4v) is 4.86. The Kier molecular flexibility index (Phi) is 8.01. The Morgan fingerprint density at radius 3 is 2.56 bits per heavy atom. The molecule has 1 aromatic carbocycles. The van der Waals surface area contributed by atoms with Crippen LogP contribution in [0.3, 0.4) is 0 Å². The quantitative estimate of drug-likeness (QED) is 0.444. The highest BCUT2D eigenvalue weighted by molar-refractivity contribution is 6.03. The largest absolute Gasteiger partial charge is 0.377 e. The number of anilines is 1. The van der Waals surface area contributed by atoms with Gasteiger partial charge in [0.1, 0.15) is 28.8 Å². The number of carbonyl (C=O) groups excluding carboxylic acids is 1. The number of aromatic nitrogens is 2. The molecule has 1 aliphatic carbocycles. The van der Waals surface area contributed by atoms with Crippen molar-refractivity contribution in [2.45, 2.75) is 51.7 Å². The highest BCUT2D eigenvalue weighted by atomic mass is 19.1. The summed E-state index contributed by atoms with van der Waals surface area (Å²) in [5, 5.41) is 2.78. The molecule has 2 heterocycles.